The zero-order valence-electron chi connectivity index (χ0n) is 3.35. The molecule has 0 unspecified atom stereocenters. The first-order valence-corrected chi connectivity index (χ1v) is 3.69. The molecule has 0 fully saturated rings. The molecule has 0 atom stereocenters. The second kappa shape index (κ2) is 4.97. The molecule has 0 bridgehead atoms. The number of rotatable bonds is 2. The van der Waals surface area contributed by atoms with Crippen molar-refractivity contribution in [1.29, 1.82) is 5.26 Å². The molecule has 0 aromatic heterocycles. The molecule has 0 amide bonds. The monoisotopic (exact) mass is 150 g/mol. The zero-order valence-corrected chi connectivity index (χ0v) is 5.06. The van der Waals surface area contributed by atoms with Gasteiger partial charge in [0.25, 0.3) is 0 Å². The summed E-state index contributed by atoms with van der Waals surface area (Å²) in [4.78, 5) is 2.05. The molecule has 0 aliphatic heterocycles. The van der Waals surface area contributed by atoms with Crippen molar-refractivity contribution in [2.75, 3.05) is 6.54 Å². The number of hydrogen-bond acceptors (Lipinski definition) is 2. The maximum absolute atomic E-state index is 7.92. The Labute approximate surface area is 43.5 Å². The molecule has 0 radical (unpaired) electrons. The molecule has 3 heteroatoms. The van der Waals surface area contributed by atoms with E-state index in [1.807, 2.05) is 0 Å². The topological polar surface area (TPSA) is 49.8 Å². The molecule has 0 saturated carbocycles. The summed E-state index contributed by atoms with van der Waals surface area (Å²) in [6.07, 6.45) is 0. The van der Waals surface area contributed by atoms with Gasteiger partial charge in [0.15, 0.2) is 0 Å². The fourth-order valence-electron chi connectivity index (χ4n) is 0.105. The van der Waals surface area contributed by atoms with Crippen LogP contribution >= 0.6 is 0 Å². The van der Waals surface area contributed by atoms with Crippen LogP contribution in [0.5, 0.6) is 0 Å². The second-order valence-electron chi connectivity index (χ2n) is 0.728. The molecule has 0 heterocycles. The summed E-state index contributed by atoms with van der Waals surface area (Å²) in [5.41, 5.74) is 5.08. The van der Waals surface area contributed by atoms with Gasteiger partial charge in [0.2, 0.25) is 0 Å². The van der Waals surface area contributed by atoms with Crippen LogP contribution in [0.15, 0.2) is 0 Å². The van der Waals surface area contributed by atoms with E-state index in [0.29, 0.717) is 6.54 Å². The van der Waals surface area contributed by atoms with Crippen LogP contribution in [0, 0.1) is 10.2 Å². The molecule has 0 aliphatic rings. The fourth-order valence-corrected chi connectivity index (χ4v) is 0.543. The van der Waals surface area contributed by atoms with Crippen LogP contribution in [-0.4, -0.2) is 21.5 Å². The van der Waals surface area contributed by atoms with Gasteiger partial charge in [-0.3, -0.25) is 0 Å². The van der Waals surface area contributed by atoms with E-state index in [2.05, 4.69) is 4.97 Å². The second-order valence-corrected chi connectivity index (χ2v) is 2.57. The van der Waals surface area contributed by atoms with Crippen LogP contribution in [0.4, 0.5) is 0 Å². The standard InChI is InChI=1S/C3H6N2Se/c4-1-2-6-3-5/h1-2,4H2. The SMILES string of the molecule is N#C[Se]CCN. The molecule has 34 valence electrons. The fraction of sp³-hybridized carbons (Fsp3) is 0.667. The molecule has 2 nitrogen and oxygen atoms in total. The van der Waals surface area contributed by atoms with Crippen LogP contribution in [0.25, 0.3) is 0 Å². The zero-order chi connectivity index (χ0) is 4.83. The summed E-state index contributed by atoms with van der Waals surface area (Å²) in [5.74, 6) is 0. The van der Waals surface area contributed by atoms with Gasteiger partial charge in [0.1, 0.15) is 0 Å². The molecular formula is C3H6N2Se. The summed E-state index contributed by atoms with van der Waals surface area (Å²) >= 11 is 0.148. The van der Waals surface area contributed by atoms with E-state index in [1.165, 1.54) is 0 Å². The van der Waals surface area contributed by atoms with Crippen LogP contribution < -0.4 is 5.73 Å². The number of nitrogens with zero attached hydrogens (tertiary/aromatic N) is 1. The van der Waals surface area contributed by atoms with Gasteiger partial charge in [0.05, 0.1) is 0 Å². The van der Waals surface area contributed by atoms with Gasteiger partial charge < -0.3 is 0 Å². The van der Waals surface area contributed by atoms with E-state index in [0.717, 1.165) is 5.32 Å². The van der Waals surface area contributed by atoms with Crippen molar-refractivity contribution in [2.24, 2.45) is 5.73 Å². The summed E-state index contributed by atoms with van der Waals surface area (Å²) in [6, 6.07) is 0. The molecule has 6 heavy (non-hydrogen) atoms. The van der Waals surface area contributed by atoms with Gasteiger partial charge in [-0.2, -0.15) is 0 Å². The van der Waals surface area contributed by atoms with Gasteiger partial charge in [-0.1, -0.05) is 0 Å². The molecule has 0 rings (SSSR count). The summed E-state index contributed by atoms with van der Waals surface area (Å²) in [6.45, 7) is 0.660. The Kier molecular flexibility index (Phi) is 4.94. The van der Waals surface area contributed by atoms with E-state index in [9.17, 15) is 0 Å². The predicted molar refractivity (Wildman–Crippen MR) is 25.2 cm³/mol. The van der Waals surface area contributed by atoms with E-state index < -0.39 is 0 Å². The molecule has 0 aromatic rings. The molecule has 0 spiro atoms. The third-order valence-electron chi connectivity index (χ3n) is 0.284. The van der Waals surface area contributed by atoms with Crippen molar-refractivity contribution in [3.63, 3.8) is 0 Å². The number of nitriles is 1. The van der Waals surface area contributed by atoms with Gasteiger partial charge in [-0.25, -0.2) is 0 Å². The quantitative estimate of drug-likeness (QED) is 0.427. The normalized spacial score (nSPS) is 7.33. The van der Waals surface area contributed by atoms with Crippen LogP contribution in [0.3, 0.4) is 0 Å². The van der Waals surface area contributed by atoms with Gasteiger partial charge in [0, 0.05) is 0 Å². The Morgan fingerprint density at radius 2 is 2.50 bits per heavy atom. The molecule has 0 aromatic carbocycles. The molecule has 2 N–H and O–H groups in total. The summed E-state index contributed by atoms with van der Waals surface area (Å²) < 4.78 is 0. The van der Waals surface area contributed by atoms with Gasteiger partial charge in [-0.05, 0) is 0 Å². The van der Waals surface area contributed by atoms with E-state index in [-0.39, 0.29) is 15.0 Å². The Morgan fingerprint density at radius 3 is 2.67 bits per heavy atom. The van der Waals surface area contributed by atoms with Gasteiger partial charge in [-0.15, -0.1) is 0 Å². The Hall–Kier alpha value is -0.0305. The first kappa shape index (κ1) is 5.97. The third kappa shape index (κ3) is 3.97. The first-order valence-electron chi connectivity index (χ1n) is 1.62. The van der Waals surface area contributed by atoms with Crippen molar-refractivity contribution >= 4 is 15.0 Å². The van der Waals surface area contributed by atoms with Crippen molar-refractivity contribution < 1.29 is 0 Å². The average Bonchev–Trinajstić information content (AvgIpc) is 1.61. The average molecular weight is 149 g/mol. The van der Waals surface area contributed by atoms with Crippen molar-refractivity contribution in [3.8, 4) is 4.97 Å². The minimum atomic E-state index is 0.148. The van der Waals surface area contributed by atoms with Crippen molar-refractivity contribution in [3.05, 3.63) is 0 Å². The molecular weight excluding hydrogens is 143 g/mol. The first-order chi connectivity index (χ1) is 2.91. The van der Waals surface area contributed by atoms with Crippen molar-refractivity contribution in [1.82, 2.24) is 0 Å². The van der Waals surface area contributed by atoms with Crippen molar-refractivity contribution in [2.45, 2.75) is 5.32 Å². The third-order valence-corrected chi connectivity index (χ3v) is 1.48. The van der Waals surface area contributed by atoms with Crippen LogP contribution in [-0.2, 0) is 0 Å². The Balaban J connectivity index is 2.54. The van der Waals surface area contributed by atoms with Gasteiger partial charge >= 0.3 is 42.8 Å². The summed E-state index contributed by atoms with van der Waals surface area (Å²) in [5, 5.41) is 8.81. The molecule has 0 saturated heterocycles. The Morgan fingerprint density at radius 1 is 1.83 bits per heavy atom. The van der Waals surface area contributed by atoms with Crippen LogP contribution in [0.2, 0.25) is 5.32 Å². The van der Waals surface area contributed by atoms with E-state index >= 15 is 0 Å². The Bertz CT molecular complexity index is 56.3. The predicted octanol–water partition coefficient (Wildman–Crippen LogP) is -0.451. The summed E-state index contributed by atoms with van der Waals surface area (Å²) in [7, 11) is 0. The van der Waals surface area contributed by atoms with Crippen LogP contribution in [0.1, 0.15) is 0 Å². The van der Waals surface area contributed by atoms with E-state index in [1.54, 1.807) is 0 Å². The number of hydrogen-bond donors (Lipinski definition) is 1. The number of nitrogens with two attached hydrogens (primary N) is 1. The molecule has 0 aliphatic carbocycles. The van der Waals surface area contributed by atoms with E-state index in [4.69, 9.17) is 11.0 Å². The minimum absolute atomic E-state index is 0.148. The maximum atomic E-state index is 7.92.